The molecule has 8 heteroatoms. The van der Waals surface area contributed by atoms with Crippen LogP contribution in [0.3, 0.4) is 0 Å². The molecule has 0 bridgehead atoms. The molecular formula is C21H24N6OS. The fourth-order valence-corrected chi connectivity index (χ4v) is 4.54. The van der Waals surface area contributed by atoms with Gasteiger partial charge in [-0.25, -0.2) is 4.98 Å². The van der Waals surface area contributed by atoms with Crippen LogP contribution in [0.4, 0.5) is 0 Å². The number of rotatable bonds is 5. The number of likely N-dealkylation sites (tertiary alicyclic amines) is 1. The molecule has 0 aliphatic carbocycles. The van der Waals surface area contributed by atoms with Crippen LogP contribution in [0.25, 0.3) is 22.3 Å². The number of benzene rings is 1. The zero-order valence-electron chi connectivity index (χ0n) is 16.7. The average Bonchev–Trinajstić information content (AvgIpc) is 3.48. The first-order chi connectivity index (χ1) is 14.2. The van der Waals surface area contributed by atoms with Crippen molar-refractivity contribution in [1.82, 2.24) is 29.8 Å². The fraction of sp³-hybridized carbons (Fsp3) is 0.429. The molecule has 0 atom stereocenters. The third-order valence-electron chi connectivity index (χ3n) is 5.59. The van der Waals surface area contributed by atoms with Crippen LogP contribution in [0.1, 0.15) is 50.2 Å². The first-order valence-corrected chi connectivity index (χ1v) is 11.0. The van der Waals surface area contributed by atoms with Crippen molar-refractivity contribution in [3.05, 3.63) is 46.9 Å². The minimum absolute atomic E-state index is 0.304. The second-order valence-corrected chi connectivity index (χ2v) is 8.66. The van der Waals surface area contributed by atoms with Gasteiger partial charge in [-0.15, -0.1) is 11.3 Å². The first-order valence-electron chi connectivity index (χ1n) is 10.1. The summed E-state index contributed by atoms with van der Waals surface area (Å²) in [5.74, 6) is 1.74. The highest BCUT2D eigenvalue weighted by Crippen LogP contribution is 2.30. The van der Waals surface area contributed by atoms with Gasteiger partial charge in [0.15, 0.2) is 0 Å². The summed E-state index contributed by atoms with van der Waals surface area (Å²) >= 11 is 1.65. The molecule has 29 heavy (non-hydrogen) atoms. The Morgan fingerprint density at radius 3 is 2.86 bits per heavy atom. The summed E-state index contributed by atoms with van der Waals surface area (Å²) in [5.41, 5.74) is 5.12. The number of piperidine rings is 1. The molecule has 0 N–H and O–H groups in total. The highest BCUT2D eigenvalue weighted by atomic mass is 32.1. The van der Waals surface area contributed by atoms with Crippen LogP contribution in [-0.2, 0) is 6.54 Å². The lowest BCUT2D eigenvalue weighted by atomic mass is 9.96. The van der Waals surface area contributed by atoms with E-state index in [2.05, 4.69) is 51.5 Å². The van der Waals surface area contributed by atoms with Crippen LogP contribution in [0.2, 0.25) is 0 Å². The summed E-state index contributed by atoms with van der Waals surface area (Å²) in [6, 6.07) is 6.52. The van der Waals surface area contributed by atoms with Gasteiger partial charge in [-0.1, -0.05) is 17.3 Å². The van der Waals surface area contributed by atoms with E-state index in [1.165, 1.54) is 0 Å². The highest BCUT2D eigenvalue weighted by Gasteiger charge is 2.26. The Labute approximate surface area is 173 Å². The second-order valence-electron chi connectivity index (χ2n) is 7.94. The molecule has 1 aliphatic heterocycles. The van der Waals surface area contributed by atoms with Crippen molar-refractivity contribution in [2.45, 2.75) is 45.2 Å². The molecule has 0 saturated carbocycles. The van der Waals surface area contributed by atoms with E-state index in [0.29, 0.717) is 17.8 Å². The maximum atomic E-state index is 5.66. The summed E-state index contributed by atoms with van der Waals surface area (Å²) in [6.07, 6.45) is 3.97. The van der Waals surface area contributed by atoms with Gasteiger partial charge in [0.05, 0.1) is 22.9 Å². The molecule has 5 rings (SSSR count). The largest absolute Gasteiger partial charge is 0.339 e. The molecule has 3 aromatic heterocycles. The molecule has 4 aromatic rings. The van der Waals surface area contributed by atoms with E-state index in [4.69, 9.17) is 9.51 Å². The van der Waals surface area contributed by atoms with Crippen molar-refractivity contribution in [2.24, 2.45) is 0 Å². The Bertz CT molecular complexity index is 1090. The van der Waals surface area contributed by atoms with Gasteiger partial charge in [-0.05, 0) is 45.8 Å². The monoisotopic (exact) mass is 408 g/mol. The standard InChI is InChI=1S/C21H24N6OS/c1-14(2)27-19-9-16(3-4-17(19)10-23-27)20-24-21(28-25-20)15-5-7-26(8-6-15)11-18-12-29-13-22-18/h3-4,9-10,12-15H,5-8,11H2,1-2H3. The second kappa shape index (κ2) is 7.68. The van der Waals surface area contributed by atoms with Crippen LogP contribution < -0.4 is 0 Å². The lowest BCUT2D eigenvalue weighted by Gasteiger charge is -2.29. The zero-order valence-corrected chi connectivity index (χ0v) is 17.5. The van der Waals surface area contributed by atoms with Gasteiger partial charge >= 0.3 is 0 Å². The van der Waals surface area contributed by atoms with E-state index >= 15 is 0 Å². The molecule has 7 nitrogen and oxygen atoms in total. The maximum Gasteiger partial charge on any atom is 0.230 e. The Morgan fingerprint density at radius 1 is 1.24 bits per heavy atom. The minimum Gasteiger partial charge on any atom is -0.339 e. The quantitative estimate of drug-likeness (QED) is 0.484. The van der Waals surface area contributed by atoms with Crippen LogP contribution in [0.15, 0.2) is 39.8 Å². The Hall–Kier alpha value is -2.58. The Balaban J connectivity index is 1.30. The van der Waals surface area contributed by atoms with Gasteiger partial charge in [-0.3, -0.25) is 9.58 Å². The minimum atomic E-state index is 0.304. The van der Waals surface area contributed by atoms with Crippen molar-refractivity contribution in [3.8, 4) is 11.4 Å². The summed E-state index contributed by atoms with van der Waals surface area (Å²) in [4.78, 5) is 11.6. The van der Waals surface area contributed by atoms with Crippen LogP contribution in [0, 0.1) is 0 Å². The third kappa shape index (κ3) is 3.70. The van der Waals surface area contributed by atoms with E-state index in [-0.39, 0.29) is 0 Å². The van der Waals surface area contributed by atoms with E-state index in [1.807, 2.05) is 22.5 Å². The molecule has 0 unspecified atom stereocenters. The molecule has 1 aliphatic rings. The number of thiazole rings is 1. The SMILES string of the molecule is CC(C)n1ncc2ccc(-c3noc(C4CCN(Cc5cscn5)CC4)n3)cc21. The summed E-state index contributed by atoms with van der Waals surface area (Å²) in [5, 5.41) is 12.0. The van der Waals surface area contributed by atoms with E-state index in [0.717, 1.165) is 60.5 Å². The number of hydrogen-bond donors (Lipinski definition) is 0. The number of hydrogen-bond acceptors (Lipinski definition) is 7. The van der Waals surface area contributed by atoms with Gasteiger partial charge in [0.25, 0.3) is 0 Å². The Morgan fingerprint density at radius 2 is 2.10 bits per heavy atom. The third-order valence-corrected chi connectivity index (χ3v) is 6.23. The van der Waals surface area contributed by atoms with Crippen LogP contribution in [0.5, 0.6) is 0 Å². The van der Waals surface area contributed by atoms with Gasteiger partial charge in [0.2, 0.25) is 11.7 Å². The van der Waals surface area contributed by atoms with Crippen LogP contribution in [-0.4, -0.2) is 42.9 Å². The van der Waals surface area contributed by atoms with E-state index in [1.54, 1.807) is 11.3 Å². The number of aromatic nitrogens is 5. The zero-order chi connectivity index (χ0) is 19.8. The summed E-state index contributed by atoms with van der Waals surface area (Å²) in [6.45, 7) is 7.24. The molecule has 1 fully saturated rings. The van der Waals surface area contributed by atoms with Crippen molar-refractivity contribution in [1.29, 1.82) is 0 Å². The molecule has 150 valence electrons. The lowest BCUT2D eigenvalue weighted by Crippen LogP contribution is -2.32. The topological polar surface area (TPSA) is 72.9 Å². The number of nitrogens with zero attached hydrogens (tertiary/aromatic N) is 6. The molecule has 0 spiro atoms. The number of fused-ring (bicyclic) bond motifs is 1. The average molecular weight is 409 g/mol. The van der Waals surface area contributed by atoms with Gasteiger partial charge < -0.3 is 4.52 Å². The summed E-state index contributed by atoms with van der Waals surface area (Å²) < 4.78 is 7.68. The normalized spacial score (nSPS) is 16.2. The molecule has 1 saturated heterocycles. The van der Waals surface area contributed by atoms with Crippen molar-refractivity contribution in [2.75, 3.05) is 13.1 Å². The van der Waals surface area contributed by atoms with E-state index < -0.39 is 0 Å². The molecule has 1 aromatic carbocycles. The predicted molar refractivity (Wildman–Crippen MR) is 113 cm³/mol. The van der Waals surface area contributed by atoms with Crippen molar-refractivity contribution < 1.29 is 4.52 Å². The van der Waals surface area contributed by atoms with Gasteiger partial charge in [-0.2, -0.15) is 10.1 Å². The van der Waals surface area contributed by atoms with Crippen molar-refractivity contribution >= 4 is 22.2 Å². The maximum absolute atomic E-state index is 5.66. The lowest BCUT2D eigenvalue weighted by molar-refractivity contribution is 0.186. The predicted octanol–water partition coefficient (Wildman–Crippen LogP) is 4.50. The fourth-order valence-electron chi connectivity index (χ4n) is 3.99. The Kier molecular flexibility index (Phi) is 4.89. The van der Waals surface area contributed by atoms with Gasteiger partial charge in [0, 0.05) is 34.8 Å². The van der Waals surface area contributed by atoms with Gasteiger partial charge in [0.1, 0.15) is 0 Å². The molecule has 0 radical (unpaired) electrons. The van der Waals surface area contributed by atoms with Crippen LogP contribution >= 0.6 is 11.3 Å². The van der Waals surface area contributed by atoms with Crippen molar-refractivity contribution in [3.63, 3.8) is 0 Å². The first kappa shape index (κ1) is 18.4. The van der Waals surface area contributed by atoms with E-state index in [9.17, 15) is 0 Å². The summed E-state index contributed by atoms with van der Waals surface area (Å²) in [7, 11) is 0. The highest BCUT2D eigenvalue weighted by molar-refractivity contribution is 7.07. The smallest absolute Gasteiger partial charge is 0.230 e. The molecular weight excluding hydrogens is 384 g/mol. The molecule has 4 heterocycles. The molecule has 0 amide bonds.